The summed E-state index contributed by atoms with van der Waals surface area (Å²) in [4.78, 5) is 15.0. The Labute approximate surface area is 148 Å². The summed E-state index contributed by atoms with van der Waals surface area (Å²) in [5.74, 6) is 0.142. The first-order valence-corrected chi connectivity index (χ1v) is 6.46. The van der Waals surface area contributed by atoms with E-state index in [0.717, 1.165) is 23.7 Å². The van der Waals surface area contributed by atoms with E-state index in [0.29, 0.717) is 18.7 Å². The van der Waals surface area contributed by atoms with Gasteiger partial charge in [0.15, 0.2) is 0 Å². The Morgan fingerprint density at radius 1 is 1.18 bits per heavy atom. The average Bonchev–Trinajstić information content (AvgIpc) is 2.88. The third-order valence-corrected chi connectivity index (χ3v) is 3.04. The Hall–Kier alpha value is -0.980. The van der Waals surface area contributed by atoms with Gasteiger partial charge >= 0.3 is 5.97 Å². The number of hydrogen-bond donors (Lipinski definition) is 3. The van der Waals surface area contributed by atoms with E-state index in [1.807, 2.05) is 24.4 Å². The molecule has 2 rings (SSSR count). The average molecular weight is 371 g/mol. The van der Waals surface area contributed by atoms with Crippen molar-refractivity contribution in [1.29, 1.82) is 0 Å². The first kappa shape index (κ1) is 23.3. The Balaban J connectivity index is 0. The molecule has 5 nitrogen and oxygen atoms in total. The van der Waals surface area contributed by atoms with Crippen LogP contribution < -0.4 is 16.2 Å². The molecule has 0 amide bonds. The number of carbonyl (C=O) groups is 1. The van der Waals surface area contributed by atoms with Crippen LogP contribution in [-0.2, 0) is 4.79 Å². The number of H-pyrrole nitrogens is 1. The predicted octanol–water partition coefficient (Wildman–Crippen LogP) is 2.80. The maximum absolute atomic E-state index is 11.9. The standard InChI is InChI=1S/C14H19N3O2.3ClH/c15-8-2-1-4-11(16)14(18)19-13-6-3-5-12-10(13)7-9-17-12;;;/h3,5-7,9,11,17H,1-2,4,8,15-16H2;3*1H/t11-;;;/m0.../s1. The number of hydrogen-bond acceptors (Lipinski definition) is 4. The smallest absolute Gasteiger partial charge is 0.328 e. The van der Waals surface area contributed by atoms with Gasteiger partial charge in [-0.2, -0.15) is 0 Å². The van der Waals surface area contributed by atoms with Gasteiger partial charge < -0.3 is 21.2 Å². The fraction of sp³-hybridized carbons (Fsp3) is 0.357. The Morgan fingerprint density at radius 2 is 1.91 bits per heavy atom. The summed E-state index contributed by atoms with van der Waals surface area (Å²) in [6, 6.07) is 6.80. The fourth-order valence-corrected chi connectivity index (χ4v) is 1.96. The highest BCUT2D eigenvalue weighted by Crippen LogP contribution is 2.24. The predicted molar refractivity (Wildman–Crippen MR) is 96.6 cm³/mol. The third-order valence-electron chi connectivity index (χ3n) is 3.04. The van der Waals surface area contributed by atoms with E-state index in [4.69, 9.17) is 16.2 Å². The van der Waals surface area contributed by atoms with Crippen molar-refractivity contribution >= 4 is 54.1 Å². The molecule has 0 aliphatic heterocycles. The normalized spacial score (nSPS) is 10.8. The van der Waals surface area contributed by atoms with E-state index >= 15 is 0 Å². The number of unbranched alkanes of at least 4 members (excludes halogenated alkanes) is 1. The number of halogens is 3. The molecule has 0 saturated carbocycles. The molecule has 126 valence electrons. The van der Waals surface area contributed by atoms with Gasteiger partial charge in [-0.1, -0.05) is 12.5 Å². The highest BCUT2D eigenvalue weighted by molar-refractivity contribution is 5.89. The van der Waals surface area contributed by atoms with E-state index in [1.165, 1.54) is 0 Å². The van der Waals surface area contributed by atoms with Crippen LogP contribution in [-0.4, -0.2) is 23.5 Å². The van der Waals surface area contributed by atoms with Crippen molar-refractivity contribution in [3.8, 4) is 5.75 Å². The number of rotatable bonds is 6. The molecular weight excluding hydrogens is 349 g/mol. The molecule has 5 N–H and O–H groups in total. The molecule has 0 aliphatic carbocycles. The van der Waals surface area contributed by atoms with E-state index < -0.39 is 12.0 Å². The minimum absolute atomic E-state index is 0. The summed E-state index contributed by atoms with van der Waals surface area (Å²) in [5, 5.41) is 0.880. The fourth-order valence-electron chi connectivity index (χ4n) is 1.96. The molecule has 1 heterocycles. The molecule has 0 unspecified atom stereocenters. The van der Waals surface area contributed by atoms with Crippen LogP contribution in [0.2, 0.25) is 0 Å². The van der Waals surface area contributed by atoms with Gasteiger partial charge in [0.05, 0.1) is 0 Å². The lowest BCUT2D eigenvalue weighted by Gasteiger charge is -2.11. The van der Waals surface area contributed by atoms with Crippen LogP contribution >= 0.6 is 37.2 Å². The van der Waals surface area contributed by atoms with Crippen molar-refractivity contribution in [3.63, 3.8) is 0 Å². The molecule has 8 heteroatoms. The lowest BCUT2D eigenvalue weighted by atomic mass is 10.1. The Morgan fingerprint density at radius 3 is 2.59 bits per heavy atom. The maximum atomic E-state index is 11.9. The van der Waals surface area contributed by atoms with Crippen LogP contribution in [0.25, 0.3) is 10.9 Å². The molecular formula is C14H22Cl3N3O2. The summed E-state index contributed by atoms with van der Waals surface area (Å²) < 4.78 is 5.36. The molecule has 22 heavy (non-hydrogen) atoms. The van der Waals surface area contributed by atoms with Gasteiger partial charge in [0.25, 0.3) is 0 Å². The highest BCUT2D eigenvalue weighted by Gasteiger charge is 2.16. The van der Waals surface area contributed by atoms with Crippen molar-refractivity contribution in [3.05, 3.63) is 30.5 Å². The molecule has 2 aromatic rings. The second-order valence-electron chi connectivity index (χ2n) is 4.51. The van der Waals surface area contributed by atoms with Crippen LogP contribution in [0, 0.1) is 0 Å². The first-order chi connectivity index (χ1) is 9.22. The number of aromatic nitrogens is 1. The zero-order valence-electron chi connectivity index (χ0n) is 12.0. The Kier molecular flexibility index (Phi) is 12.2. The van der Waals surface area contributed by atoms with Gasteiger partial charge in [0.1, 0.15) is 11.8 Å². The van der Waals surface area contributed by atoms with Gasteiger partial charge in [0, 0.05) is 17.1 Å². The van der Waals surface area contributed by atoms with Crippen molar-refractivity contribution < 1.29 is 9.53 Å². The van der Waals surface area contributed by atoms with Crippen LogP contribution in [0.1, 0.15) is 19.3 Å². The summed E-state index contributed by atoms with van der Waals surface area (Å²) in [5.41, 5.74) is 12.1. The quantitative estimate of drug-likeness (QED) is 0.414. The van der Waals surface area contributed by atoms with Crippen LogP contribution in [0.3, 0.4) is 0 Å². The van der Waals surface area contributed by atoms with Gasteiger partial charge in [-0.05, 0) is 37.6 Å². The lowest BCUT2D eigenvalue weighted by molar-refractivity contribution is -0.135. The molecule has 0 radical (unpaired) electrons. The molecule has 0 spiro atoms. The summed E-state index contributed by atoms with van der Waals surface area (Å²) in [6.45, 7) is 0.616. The summed E-state index contributed by atoms with van der Waals surface area (Å²) in [6.07, 6.45) is 4.11. The molecule has 0 saturated heterocycles. The molecule has 1 atom stereocenters. The third kappa shape index (κ3) is 6.02. The number of ether oxygens (including phenoxy) is 1. The first-order valence-electron chi connectivity index (χ1n) is 6.46. The van der Waals surface area contributed by atoms with Gasteiger partial charge in [-0.15, -0.1) is 37.2 Å². The van der Waals surface area contributed by atoms with Crippen LogP contribution in [0.4, 0.5) is 0 Å². The zero-order valence-corrected chi connectivity index (χ0v) is 14.4. The number of carbonyl (C=O) groups excluding carboxylic acids is 1. The number of nitrogens with one attached hydrogen (secondary N) is 1. The number of benzene rings is 1. The van der Waals surface area contributed by atoms with Gasteiger partial charge in [-0.3, -0.25) is 0 Å². The summed E-state index contributed by atoms with van der Waals surface area (Å²) in [7, 11) is 0. The van der Waals surface area contributed by atoms with E-state index in [2.05, 4.69) is 4.98 Å². The molecule has 0 bridgehead atoms. The monoisotopic (exact) mass is 369 g/mol. The van der Waals surface area contributed by atoms with Crippen molar-refractivity contribution in [2.75, 3.05) is 6.54 Å². The minimum atomic E-state index is -0.597. The Bertz CT molecular complexity index is 563. The largest absolute Gasteiger partial charge is 0.425 e. The zero-order chi connectivity index (χ0) is 13.7. The van der Waals surface area contributed by atoms with E-state index in [1.54, 1.807) is 6.07 Å². The second kappa shape index (κ2) is 11.6. The molecule has 0 fully saturated rings. The minimum Gasteiger partial charge on any atom is -0.425 e. The van der Waals surface area contributed by atoms with Crippen molar-refractivity contribution in [2.45, 2.75) is 25.3 Å². The number of esters is 1. The number of fused-ring (bicyclic) bond motifs is 1. The topological polar surface area (TPSA) is 94.1 Å². The van der Waals surface area contributed by atoms with Crippen molar-refractivity contribution in [2.24, 2.45) is 11.5 Å². The van der Waals surface area contributed by atoms with Crippen LogP contribution in [0.5, 0.6) is 5.75 Å². The molecule has 1 aromatic heterocycles. The second-order valence-corrected chi connectivity index (χ2v) is 4.51. The van der Waals surface area contributed by atoms with Crippen LogP contribution in [0.15, 0.2) is 30.5 Å². The van der Waals surface area contributed by atoms with E-state index in [9.17, 15) is 4.79 Å². The number of nitrogens with two attached hydrogens (primary N) is 2. The van der Waals surface area contributed by atoms with E-state index in [-0.39, 0.29) is 37.2 Å². The highest BCUT2D eigenvalue weighted by atomic mass is 35.5. The molecule has 1 aromatic carbocycles. The maximum Gasteiger partial charge on any atom is 0.328 e. The summed E-state index contributed by atoms with van der Waals surface area (Å²) >= 11 is 0. The SMILES string of the molecule is Cl.Cl.Cl.NCCCC[C@H](N)C(=O)Oc1cccc2[nH]ccc12. The van der Waals surface area contributed by atoms with Gasteiger partial charge in [-0.25, -0.2) is 4.79 Å². The van der Waals surface area contributed by atoms with Crippen molar-refractivity contribution in [1.82, 2.24) is 4.98 Å². The lowest BCUT2D eigenvalue weighted by Crippen LogP contribution is -2.34. The van der Waals surface area contributed by atoms with Gasteiger partial charge in [0.2, 0.25) is 0 Å². The number of aromatic amines is 1. The molecule has 0 aliphatic rings.